The molecule has 24 heavy (non-hydrogen) atoms. The van der Waals surface area contributed by atoms with Crippen molar-refractivity contribution in [1.29, 1.82) is 0 Å². The lowest BCUT2D eigenvalue weighted by atomic mass is 10.1. The summed E-state index contributed by atoms with van der Waals surface area (Å²) in [5, 5.41) is 0. The normalized spacial score (nSPS) is 15.9. The molecule has 0 unspecified atom stereocenters. The molecule has 1 aromatic carbocycles. The van der Waals surface area contributed by atoms with E-state index in [0.717, 1.165) is 60.9 Å². The van der Waals surface area contributed by atoms with Gasteiger partial charge in [0.1, 0.15) is 11.5 Å². The number of hydrogen-bond donors (Lipinski definition) is 0. The van der Waals surface area contributed by atoms with Crippen molar-refractivity contribution in [3.63, 3.8) is 0 Å². The molecule has 0 bridgehead atoms. The van der Waals surface area contributed by atoms with Gasteiger partial charge in [-0.05, 0) is 57.5 Å². The van der Waals surface area contributed by atoms with Crippen molar-refractivity contribution < 1.29 is 13.9 Å². The van der Waals surface area contributed by atoms with Crippen LogP contribution in [0.1, 0.15) is 29.9 Å². The number of rotatable bonds is 5. The summed E-state index contributed by atoms with van der Waals surface area (Å²) in [7, 11) is 3.84. The Morgan fingerprint density at radius 2 is 2.00 bits per heavy atom. The summed E-state index contributed by atoms with van der Waals surface area (Å²) in [6.45, 7) is 6.51. The van der Waals surface area contributed by atoms with Crippen molar-refractivity contribution in [2.45, 2.75) is 39.3 Å². The number of nitrogens with zero attached hydrogens (tertiary/aromatic N) is 2. The summed E-state index contributed by atoms with van der Waals surface area (Å²) in [6, 6.07) is 6.55. The Morgan fingerprint density at radius 3 is 2.67 bits per heavy atom. The van der Waals surface area contributed by atoms with E-state index in [0.29, 0.717) is 11.9 Å². The zero-order valence-electron chi connectivity index (χ0n) is 15.0. The van der Waals surface area contributed by atoms with Gasteiger partial charge in [0, 0.05) is 31.4 Å². The van der Waals surface area contributed by atoms with Gasteiger partial charge in [-0.15, -0.1) is 0 Å². The number of aryl methyl sites for hydroxylation is 2. The van der Waals surface area contributed by atoms with Crippen molar-refractivity contribution in [3.05, 3.63) is 35.2 Å². The quantitative estimate of drug-likeness (QED) is 0.838. The SMILES string of the molecule is COc1ccc(-c2nc(CN(C)C3CCOCC3)c(C)o2)cc1C. The molecule has 5 nitrogen and oxygen atoms in total. The number of ether oxygens (including phenoxy) is 2. The number of methoxy groups -OCH3 is 1. The van der Waals surface area contributed by atoms with Crippen LogP contribution in [0.5, 0.6) is 5.75 Å². The lowest BCUT2D eigenvalue weighted by Crippen LogP contribution is -2.36. The third-order valence-corrected chi connectivity index (χ3v) is 4.75. The van der Waals surface area contributed by atoms with Gasteiger partial charge in [-0.3, -0.25) is 4.90 Å². The molecule has 1 aliphatic rings. The first kappa shape index (κ1) is 17.0. The van der Waals surface area contributed by atoms with Crippen LogP contribution in [0.2, 0.25) is 0 Å². The van der Waals surface area contributed by atoms with Crippen molar-refractivity contribution in [3.8, 4) is 17.2 Å². The van der Waals surface area contributed by atoms with Crippen LogP contribution in [0.3, 0.4) is 0 Å². The average Bonchev–Trinajstić information content (AvgIpc) is 2.96. The number of aromatic nitrogens is 1. The van der Waals surface area contributed by atoms with Crippen LogP contribution in [0.25, 0.3) is 11.5 Å². The first-order valence-corrected chi connectivity index (χ1v) is 8.47. The Bertz CT molecular complexity index is 690. The molecule has 1 fully saturated rings. The Kier molecular flexibility index (Phi) is 5.21. The highest BCUT2D eigenvalue weighted by Crippen LogP contribution is 2.27. The fraction of sp³-hybridized carbons (Fsp3) is 0.526. The largest absolute Gasteiger partial charge is 0.496 e. The lowest BCUT2D eigenvalue weighted by molar-refractivity contribution is 0.0402. The van der Waals surface area contributed by atoms with Gasteiger partial charge in [0.15, 0.2) is 0 Å². The molecule has 0 saturated carbocycles. The third kappa shape index (κ3) is 3.62. The van der Waals surface area contributed by atoms with Crippen molar-refractivity contribution >= 4 is 0 Å². The second-order valence-electron chi connectivity index (χ2n) is 6.46. The van der Waals surface area contributed by atoms with Crippen LogP contribution in [-0.2, 0) is 11.3 Å². The lowest BCUT2D eigenvalue weighted by Gasteiger charge is -2.30. The van der Waals surface area contributed by atoms with E-state index in [9.17, 15) is 0 Å². The number of hydrogen-bond acceptors (Lipinski definition) is 5. The van der Waals surface area contributed by atoms with Crippen LogP contribution in [0.15, 0.2) is 22.6 Å². The van der Waals surface area contributed by atoms with E-state index in [-0.39, 0.29) is 0 Å². The Hall–Kier alpha value is -1.85. The highest BCUT2D eigenvalue weighted by atomic mass is 16.5. The van der Waals surface area contributed by atoms with Crippen LogP contribution >= 0.6 is 0 Å². The molecule has 0 N–H and O–H groups in total. The van der Waals surface area contributed by atoms with Crippen LogP contribution in [0, 0.1) is 13.8 Å². The molecular formula is C19H26N2O3. The van der Waals surface area contributed by atoms with E-state index in [1.165, 1.54) is 0 Å². The Balaban J connectivity index is 1.76. The standard InChI is InChI=1S/C19H26N2O3/c1-13-11-15(5-6-18(13)22-4)19-20-17(14(2)24-19)12-21(3)16-7-9-23-10-8-16/h5-6,11,16H,7-10,12H2,1-4H3. The highest BCUT2D eigenvalue weighted by molar-refractivity contribution is 5.57. The van der Waals surface area contributed by atoms with E-state index in [1.54, 1.807) is 7.11 Å². The van der Waals surface area contributed by atoms with Gasteiger partial charge in [0.25, 0.3) is 0 Å². The predicted molar refractivity (Wildman–Crippen MR) is 93.3 cm³/mol. The summed E-state index contributed by atoms with van der Waals surface area (Å²) >= 11 is 0. The van der Waals surface area contributed by atoms with Crippen LogP contribution in [-0.4, -0.2) is 43.3 Å². The molecule has 0 spiro atoms. The third-order valence-electron chi connectivity index (χ3n) is 4.75. The van der Waals surface area contributed by atoms with Gasteiger partial charge in [-0.25, -0.2) is 4.98 Å². The summed E-state index contributed by atoms with van der Waals surface area (Å²) in [5.74, 6) is 2.44. The minimum Gasteiger partial charge on any atom is -0.496 e. The molecule has 0 radical (unpaired) electrons. The minimum atomic E-state index is 0.557. The van der Waals surface area contributed by atoms with Crippen LogP contribution < -0.4 is 4.74 Å². The smallest absolute Gasteiger partial charge is 0.226 e. The Labute approximate surface area is 143 Å². The van der Waals surface area contributed by atoms with Crippen molar-refractivity contribution in [1.82, 2.24) is 9.88 Å². The average molecular weight is 330 g/mol. The van der Waals surface area contributed by atoms with Gasteiger partial charge in [-0.1, -0.05) is 0 Å². The maximum Gasteiger partial charge on any atom is 0.226 e. The molecule has 5 heteroatoms. The monoisotopic (exact) mass is 330 g/mol. The maximum absolute atomic E-state index is 5.91. The molecule has 3 rings (SSSR count). The van der Waals surface area contributed by atoms with Crippen molar-refractivity contribution in [2.24, 2.45) is 0 Å². The van der Waals surface area contributed by atoms with E-state index in [2.05, 4.69) is 18.0 Å². The molecule has 1 aromatic heterocycles. The summed E-state index contributed by atoms with van der Waals surface area (Å²) in [6.07, 6.45) is 2.16. The molecule has 2 heterocycles. The first-order chi connectivity index (χ1) is 11.6. The predicted octanol–water partition coefficient (Wildman–Crippen LogP) is 3.58. The van der Waals surface area contributed by atoms with Gasteiger partial charge >= 0.3 is 0 Å². The van der Waals surface area contributed by atoms with E-state index < -0.39 is 0 Å². The molecule has 0 aliphatic carbocycles. The van der Waals surface area contributed by atoms with Gasteiger partial charge in [0.05, 0.1) is 12.8 Å². The summed E-state index contributed by atoms with van der Waals surface area (Å²) < 4.78 is 16.7. The first-order valence-electron chi connectivity index (χ1n) is 8.47. The fourth-order valence-corrected chi connectivity index (χ4v) is 3.20. The molecule has 1 aliphatic heterocycles. The maximum atomic E-state index is 5.91. The van der Waals surface area contributed by atoms with Crippen LogP contribution in [0.4, 0.5) is 0 Å². The molecular weight excluding hydrogens is 304 g/mol. The molecule has 1 saturated heterocycles. The van der Waals surface area contributed by atoms with Gasteiger partial charge < -0.3 is 13.9 Å². The van der Waals surface area contributed by atoms with Gasteiger partial charge in [-0.2, -0.15) is 0 Å². The topological polar surface area (TPSA) is 47.7 Å². The molecule has 0 atom stereocenters. The van der Waals surface area contributed by atoms with E-state index >= 15 is 0 Å². The second-order valence-corrected chi connectivity index (χ2v) is 6.46. The summed E-state index contributed by atoms with van der Waals surface area (Å²) in [4.78, 5) is 7.09. The second kappa shape index (κ2) is 7.36. The minimum absolute atomic E-state index is 0.557. The highest BCUT2D eigenvalue weighted by Gasteiger charge is 2.21. The van der Waals surface area contributed by atoms with E-state index in [4.69, 9.17) is 18.9 Å². The Morgan fingerprint density at radius 1 is 1.25 bits per heavy atom. The number of oxazole rings is 1. The van der Waals surface area contributed by atoms with E-state index in [1.807, 2.05) is 26.0 Å². The zero-order chi connectivity index (χ0) is 17.1. The van der Waals surface area contributed by atoms with Gasteiger partial charge in [0.2, 0.25) is 5.89 Å². The zero-order valence-corrected chi connectivity index (χ0v) is 15.0. The molecule has 0 amide bonds. The fourth-order valence-electron chi connectivity index (χ4n) is 3.20. The van der Waals surface area contributed by atoms with Crippen molar-refractivity contribution in [2.75, 3.05) is 27.4 Å². The molecule has 130 valence electrons. The number of benzene rings is 1. The summed E-state index contributed by atoms with van der Waals surface area (Å²) in [5.41, 5.74) is 3.07. The molecule has 2 aromatic rings.